The molecule has 0 aliphatic carbocycles. The van der Waals surface area contributed by atoms with Crippen LogP contribution in [0.3, 0.4) is 0 Å². The number of nitrogens with one attached hydrogen (secondary N) is 2. The number of hydrogen-bond donors (Lipinski definition) is 8. The number of unbranched alkanes of at least 4 members (excludes halogenated alkanes) is 3. The molecule has 22 nitrogen and oxygen atoms in total. The van der Waals surface area contributed by atoms with Crippen LogP contribution in [0.5, 0.6) is 11.5 Å². The van der Waals surface area contributed by atoms with Crippen LogP contribution >= 0.6 is 12.6 Å². The van der Waals surface area contributed by atoms with Crippen molar-refractivity contribution in [3.8, 4) is 11.5 Å². The van der Waals surface area contributed by atoms with E-state index < -0.39 is 92.5 Å². The quantitative estimate of drug-likeness (QED) is 0.0292. The van der Waals surface area contributed by atoms with E-state index in [1.807, 2.05) is 36.4 Å². The lowest BCUT2D eigenvalue weighted by atomic mass is 10.1. The van der Waals surface area contributed by atoms with Gasteiger partial charge in [0.2, 0.25) is 48.1 Å². The van der Waals surface area contributed by atoms with E-state index in [4.69, 9.17) is 32.4 Å². The third kappa shape index (κ3) is 18.9. The van der Waals surface area contributed by atoms with Crippen molar-refractivity contribution < 1.29 is 52.9 Å². The maximum absolute atomic E-state index is 14.5. The molecule has 0 aromatic heterocycles. The molecule has 1 atom stereocenters. The molecule has 3 aromatic carbocycles. The summed E-state index contributed by atoms with van der Waals surface area (Å²) < 4.78 is 11.0. The zero-order valence-corrected chi connectivity index (χ0v) is 41.0. The fourth-order valence-corrected chi connectivity index (χ4v) is 7.84. The highest BCUT2D eigenvalue weighted by atomic mass is 32.1. The summed E-state index contributed by atoms with van der Waals surface area (Å²) in [5.74, 6) is -4.85. The van der Waals surface area contributed by atoms with Crippen LogP contribution < -0.4 is 43.0 Å². The van der Waals surface area contributed by atoms with Crippen molar-refractivity contribution in [1.29, 1.82) is 0 Å². The first-order valence-corrected chi connectivity index (χ1v) is 24.3. The summed E-state index contributed by atoms with van der Waals surface area (Å²) in [5, 5.41) is 17.0. The monoisotopic (exact) mass is 1010 g/mol. The zero-order valence-electron chi connectivity index (χ0n) is 40.1. The Morgan fingerprint density at radius 1 is 0.620 bits per heavy atom. The van der Waals surface area contributed by atoms with Crippen molar-refractivity contribution in [2.24, 2.45) is 22.9 Å². The van der Waals surface area contributed by atoms with Gasteiger partial charge in [-0.25, -0.2) is 0 Å². The molecule has 0 fully saturated rings. The molecule has 23 heteroatoms. The molecule has 1 unspecified atom stereocenters. The summed E-state index contributed by atoms with van der Waals surface area (Å²) >= 11 is 4.07. The first-order chi connectivity index (χ1) is 34.2. The lowest BCUT2D eigenvalue weighted by molar-refractivity contribution is -0.148. The summed E-state index contributed by atoms with van der Waals surface area (Å²) in [6.45, 7) is -2.08. The highest BCUT2D eigenvalue weighted by Crippen LogP contribution is 2.33. The molecule has 11 N–H and O–H groups in total. The van der Waals surface area contributed by atoms with Gasteiger partial charge < -0.3 is 72.6 Å². The number of aliphatic carboxylic acids is 1. The fraction of sp³-hybridized carbons (Fsp3) is 0.500. The lowest BCUT2D eigenvalue weighted by Crippen LogP contribution is -2.53. The minimum absolute atomic E-state index is 0.0105. The molecular formula is C48H69N11O11S. The number of carboxylic acids is 1. The van der Waals surface area contributed by atoms with Crippen LogP contribution in [-0.2, 0) is 44.9 Å². The second-order valence-electron chi connectivity index (χ2n) is 16.9. The fourth-order valence-electron chi connectivity index (χ4n) is 7.57. The van der Waals surface area contributed by atoms with Gasteiger partial charge in [-0.05, 0) is 87.3 Å². The highest BCUT2D eigenvalue weighted by molar-refractivity contribution is 7.80. The van der Waals surface area contributed by atoms with E-state index in [1.54, 1.807) is 24.3 Å². The zero-order chi connectivity index (χ0) is 51.7. The first-order valence-electron chi connectivity index (χ1n) is 23.7. The molecule has 7 amide bonds. The smallest absolute Gasteiger partial charge is 0.305 e. The number of carbonyl (C=O) groups excluding carboxylic acids is 7. The van der Waals surface area contributed by atoms with Gasteiger partial charge in [-0.2, -0.15) is 12.6 Å². The second-order valence-corrected chi connectivity index (χ2v) is 17.3. The molecule has 0 spiro atoms. The summed E-state index contributed by atoms with van der Waals surface area (Å²) in [4.78, 5) is 114. The number of amides is 7. The van der Waals surface area contributed by atoms with Crippen molar-refractivity contribution in [1.82, 2.24) is 29.8 Å². The van der Waals surface area contributed by atoms with Gasteiger partial charge in [-0.3, -0.25) is 38.4 Å². The molecule has 0 bridgehead atoms. The van der Waals surface area contributed by atoms with Gasteiger partial charge in [0, 0.05) is 49.6 Å². The van der Waals surface area contributed by atoms with Gasteiger partial charge in [0.25, 0.3) is 0 Å². The number of anilines is 1. The molecule has 3 aromatic rings. The number of benzene rings is 3. The van der Waals surface area contributed by atoms with Gasteiger partial charge in [0.1, 0.15) is 12.6 Å². The van der Waals surface area contributed by atoms with Crippen molar-refractivity contribution in [3.63, 3.8) is 0 Å². The number of carbonyl (C=O) groups is 8. The predicted octanol–water partition coefficient (Wildman–Crippen LogP) is -0.0851. The van der Waals surface area contributed by atoms with E-state index in [2.05, 4.69) is 23.3 Å². The predicted molar refractivity (Wildman–Crippen MR) is 269 cm³/mol. The van der Waals surface area contributed by atoms with E-state index in [9.17, 15) is 43.5 Å². The van der Waals surface area contributed by atoms with E-state index >= 15 is 0 Å². The Kier molecular flexibility index (Phi) is 24.2. The number of primary amides is 1. The van der Waals surface area contributed by atoms with Crippen LogP contribution in [-0.4, -0.2) is 181 Å². The Morgan fingerprint density at radius 3 is 1.70 bits per heavy atom. The van der Waals surface area contributed by atoms with Crippen molar-refractivity contribution in [3.05, 3.63) is 66.2 Å². The molecule has 71 heavy (non-hydrogen) atoms. The number of carboxylic acid groups (broad SMARTS) is 1. The first kappa shape index (κ1) is 56.9. The van der Waals surface area contributed by atoms with Crippen LogP contribution in [0.15, 0.2) is 60.7 Å². The molecule has 388 valence electrons. The van der Waals surface area contributed by atoms with Crippen LogP contribution in [0.4, 0.5) is 5.69 Å². The van der Waals surface area contributed by atoms with Gasteiger partial charge >= 0.3 is 5.97 Å². The third-order valence-corrected chi connectivity index (χ3v) is 11.9. The minimum Gasteiger partial charge on any atom is -0.481 e. The molecule has 1 aliphatic rings. The van der Waals surface area contributed by atoms with E-state index in [1.165, 1.54) is 19.6 Å². The van der Waals surface area contributed by atoms with Gasteiger partial charge in [0.05, 0.1) is 39.1 Å². The Morgan fingerprint density at radius 2 is 1.14 bits per heavy atom. The molecular weight excluding hydrogens is 939 g/mol. The number of fused-ring (bicyclic) bond motifs is 2. The highest BCUT2D eigenvalue weighted by Gasteiger charge is 2.30. The summed E-state index contributed by atoms with van der Waals surface area (Å²) in [5.41, 5.74) is 23.9. The van der Waals surface area contributed by atoms with Crippen molar-refractivity contribution in [2.45, 2.75) is 57.5 Å². The molecule has 1 heterocycles. The molecule has 0 saturated heterocycles. The topological polar surface area (TPSA) is 320 Å². The Labute approximate surface area is 419 Å². The van der Waals surface area contributed by atoms with Crippen molar-refractivity contribution >= 4 is 76.4 Å². The standard InChI is InChI=1S/C48H69N11O11S/c49-17-3-6-20-55(27-41(60)54-38(32-71)48(52)68)43(62)28-56(21-7-4-18-50)44(63)29-57(22-8-5-19-51)45(64)31-59(26-34-14-15-39-40(24-34)70-33-69-39)46(65)30-58(23-16-47(66)67)42(61)25-53-37-13-9-11-35-10-1-2-12-36(35)37/h1-2,9-15,24,38,53,71H,3-8,16-23,25-33,49-51H2,(H2,52,68)(H,54,60)(H,66,67). The number of rotatable bonds is 33. The molecule has 4 rings (SSSR count). The maximum Gasteiger partial charge on any atom is 0.305 e. The number of nitrogens with zero attached hydrogens (tertiary/aromatic N) is 5. The number of ether oxygens (including phenoxy) is 2. The molecule has 0 radical (unpaired) electrons. The van der Waals surface area contributed by atoms with Gasteiger partial charge in [0.15, 0.2) is 11.5 Å². The SMILES string of the molecule is NCCCCN(CC(=O)NC(CS)C(N)=O)C(=O)CN(CCCCN)C(=O)CN(CCCCN)C(=O)CN(Cc1ccc2c(c1)OCO2)C(=O)CN(CCC(=O)O)C(=O)CNc1cccc2ccccc12. The Hall–Kier alpha value is -6.69. The summed E-state index contributed by atoms with van der Waals surface area (Å²) in [6.07, 6.45) is 2.34. The summed E-state index contributed by atoms with van der Waals surface area (Å²) in [7, 11) is 0. The van der Waals surface area contributed by atoms with Gasteiger partial charge in [-0.1, -0.05) is 42.5 Å². The minimum atomic E-state index is -1.19. The maximum atomic E-state index is 14.5. The van der Waals surface area contributed by atoms with E-state index in [0.29, 0.717) is 80.9 Å². The normalized spacial score (nSPS) is 11.9. The molecule has 0 saturated carbocycles. The van der Waals surface area contributed by atoms with Crippen LogP contribution in [0.2, 0.25) is 0 Å². The van der Waals surface area contributed by atoms with E-state index in [-0.39, 0.29) is 51.8 Å². The Bertz CT molecular complexity index is 2280. The van der Waals surface area contributed by atoms with Crippen LogP contribution in [0.1, 0.15) is 50.5 Å². The van der Waals surface area contributed by atoms with Crippen LogP contribution in [0.25, 0.3) is 10.8 Å². The molecule has 1 aliphatic heterocycles. The second kappa shape index (κ2) is 30.1. The van der Waals surface area contributed by atoms with E-state index in [0.717, 1.165) is 15.7 Å². The third-order valence-electron chi connectivity index (χ3n) is 11.5. The average Bonchev–Trinajstić information content (AvgIpc) is 3.83. The Balaban J connectivity index is 1.59. The van der Waals surface area contributed by atoms with Crippen LogP contribution in [0, 0.1) is 0 Å². The largest absolute Gasteiger partial charge is 0.481 e. The summed E-state index contributed by atoms with van der Waals surface area (Å²) in [6, 6.07) is 17.1. The number of thiol groups is 1. The van der Waals surface area contributed by atoms with Crippen molar-refractivity contribution in [2.75, 3.05) is 103 Å². The number of hydrogen-bond acceptors (Lipinski definition) is 15. The average molecular weight is 1010 g/mol. The van der Waals surface area contributed by atoms with Gasteiger partial charge in [-0.15, -0.1) is 0 Å². The lowest BCUT2D eigenvalue weighted by Gasteiger charge is -2.32. The number of nitrogens with two attached hydrogens (primary N) is 4.